The van der Waals surface area contributed by atoms with E-state index in [1.807, 2.05) is 0 Å². The normalized spacial score (nSPS) is 17.9. The third-order valence-corrected chi connectivity index (χ3v) is 19.9. The maximum absolute atomic E-state index is 3.10. The summed E-state index contributed by atoms with van der Waals surface area (Å²) in [6.07, 6.45) is 10.8. The van der Waals surface area contributed by atoms with Crippen LogP contribution in [0.5, 0.6) is 0 Å². The van der Waals surface area contributed by atoms with E-state index in [1.165, 1.54) is 6.42 Å². The minimum absolute atomic E-state index is 0.188. The first kappa shape index (κ1) is 21.3. The molecular formula is C19H39N3Zr. The van der Waals surface area contributed by atoms with Gasteiger partial charge >= 0.3 is 151 Å². The zero-order valence-electron chi connectivity index (χ0n) is 17.0. The van der Waals surface area contributed by atoms with Gasteiger partial charge in [0.15, 0.2) is 0 Å². The maximum atomic E-state index is 2.73. The first-order valence-electron chi connectivity index (χ1n) is 9.12. The van der Waals surface area contributed by atoms with E-state index in [4.69, 9.17) is 0 Å². The van der Waals surface area contributed by atoms with Gasteiger partial charge in [0.2, 0.25) is 0 Å². The Morgan fingerprint density at radius 2 is 1.13 bits per heavy atom. The Morgan fingerprint density at radius 1 is 0.783 bits per heavy atom. The Kier molecular flexibility index (Phi) is 7.48. The molecule has 3 nitrogen and oxygen atoms in total. The first-order valence-corrected chi connectivity index (χ1v) is 13.6. The summed E-state index contributed by atoms with van der Waals surface area (Å²) in [6.45, 7) is 17.4. The fourth-order valence-corrected chi connectivity index (χ4v) is 20.7. The fraction of sp³-hybridized carbons (Fsp3) is 0.789. The molecule has 1 rings (SSSR count). The van der Waals surface area contributed by atoms with Crippen LogP contribution in [0, 0.1) is 5.41 Å². The van der Waals surface area contributed by atoms with Crippen LogP contribution in [0.2, 0.25) is 3.12 Å². The quantitative estimate of drug-likeness (QED) is 0.595. The predicted octanol–water partition coefficient (Wildman–Crippen LogP) is 4.46. The van der Waals surface area contributed by atoms with Crippen LogP contribution in [0.1, 0.15) is 48.0 Å². The Hall–Kier alpha value is 0.243. The van der Waals surface area contributed by atoms with Crippen molar-refractivity contribution in [3.05, 3.63) is 24.3 Å². The van der Waals surface area contributed by atoms with Gasteiger partial charge < -0.3 is 0 Å². The SMILES string of the molecule is CC[N](C)[Zr]([N](C)CC)([N](C)CC)[C]1(CC(C)(C)C)C=CC=C1. The molecule has 0 spiro atoms. The monoisotopic (exact) mass is 399 g/mol. The fourth-order valence-electron chi connectivity index (χ4n) is 4.45. The first-order chi connectivity index (χ1) is 10.6. The molecular weight excluding hydrogens is 361 g/mol. The van der Waals surface area contributed by atoms with E-state index in [-0.39, 0.29) is 3.12 Å². The van der Waals surface area contributed by atoms with Crippen molar-refractivity contribution in [3.8, 4) is 0 Å². The van der Waals surface area contributed by atoms with Crippen molar-refractivity contribution in [2.24, 2.45) is 5.41 Å². The molecule has 0 N–H and O–H groups in total. The molecule has 0 heterocycles. The molecule has 0 saturated heterocycles. The molecule has 0 radical (unpaired) electrons. The van der Waals surface area contributed by atoms with Crippen LogP contribution in [0.15, 0.2) is 24.3 Å². The molecule has 0 saturated carbocycles. The second-order valence-electron chi connectivity index (χ2n) is 8.17. The van der Waals surface area contributed by atoms with Crippen LogP contribution >= 0.6 is 0 Å². The van der Waals surface area contributed by atoms with E-state index in [2.05, 4.69) is 95.5 Å². The van der Waals surface area contributed by atoms with E-state index in [1.54, 1.807) is 0 Å². The summed E-state index contributed by atoms with van der Waals surface area (Å²) in [4.78, 5) is 0. The van der Waals surface area contributed by atoms with E-state index in [9.17, 15) is 0 Å². The third-order valence-electron chi connectivity index (χ3n) is 5.37. The van der Waals surface area contributed by atoms with Crippen LogP contribution in [0.25, 0.3) is 0 Å². The summed E-state index contributed by atoms with van der Waals surface area (Å²) in [6, 6.07) is 0. The van der Waals surface area contributed by atoms with Crippen molar-refractivity contribution in [2.75, 3.05) is 40.8 Å². The number of nitrogens with zero attached hydrogens (tertiary/aromatic N) is 3. The summed E-state index contributed by atoms with van der Waals surface area (Å²) in [7, 11) is 7.08. The molecule has 1 aliphatic carbocycles. The van der Waals surface area contributed by atoms with Crippen LogP contribution in [-0.4, -0.2) is 49.3 Å². The minimum atomic E-state index is -3.10. The van der Waals surface area contributed by atoms with Gasteiger partial charge in [0.05, 0.1) is 0 Å². The van der Waals surface area contributed by atoms with Gasteiger partial charge in [-0.3, -0.25) is 0 Å². The summed E-state index contributed by atoms with van der Waals surface area (Å²) in [5, 5.41) is 0. The van der Waals surface area contributed by atoms with Crippen molar-refractivity contribution in [3.63, 3.8) is 0 Å². The van der Waals surface area contributed by atoms with Crippen LogP contribution < -0.4 is 0 Å². The van der Waals surface area contributed by atoms with Gasteiger partial charge in [-0.1, -0.05) is 0 Å². The average molecular weight is 401 g/mol. The number of hydrogen-bond donors (Lipinski definition) is 0. The van der Waals surface area contributed by atoms with Crippen LogP contribution in [0.4, 0.5) is 0 Å². The standard InChI is InChI=1S/C10H15.3C3H8N.Zr/c1-10(2,3)8-9-6-4-5-7-9;3*1-3-4-2;/h4-7H,8H2,1-3H3;3*3H2,1-2H3;/q;3*-1;+3. The van der Waals surface area contributed by atoms with E-state index < -0.39 is 21.1 Å². The van der Waals surface area contributed by atoms with Gasteiger partial charge in [0, 0.05) is 0 Å². The van der Waals surface area contributed by atoms with Gasteiger partial charge in [-0.15, -0.1) is 0 Å². The molecule has 0 bridgehead atoms. The summed E-state index contributed by atoms with van der Waals surface area (Å²) >= 11 is -3.10. The molecule has 0 unspecified atom stereocenters. The van der Waals surface area contributed by atoms with Gasteiger partial charge in [-0.2, -0.15) is 0 Å². The Bertz CT molecular complexity index is 398. The zero-order chi connectivity index (χ0) is 17.9. The molecule has 23 heavy (non-hydrogen) atoms. The van der Waals surface area contributed by atoms with E-state index in [0.29, 0.717) is 5.41 Å². The third kappa shape index (κ3) is 3.92. The van der Waals surface area contributed by atoms with Gasteiger partial charge in [-0.25, -0.2) is 0 Å². The van der Waals surface area contributed by atoms with Crippen LogP contribution in [0.3, 0.4) is 0 Å². The van der Waals surface area contributed by atoms with Crippen molar-refractivity contribution in [2.45, 2.75) is 51.1 Å². The summed E-state index contributed by atoms with van der Waals surface area (Å²) in [5.74, 6) is 0. The topological polar surface area (TPSA) is 9.72 Å². The molecule has 0 atom stereocenters. The van der Waals surface area contributed by atoms with Gasteiger partial charge in [0.25, 0.3) is 0 Å². The Labute approximate surface area is 151 Å². The molecule has 4 heteroatoms. The molecule has 134 valence electrons. The molecule has 0 aromatic carbocycles. The molecule has 0 aliphatic heterocycles. The molecule has 0 aromatic rings. The van der Waals surface area contributed by atoms with Gasteiger partial charge in [-0.05, 0) is 0 Å². The van der Waals surface area contributed by atoms with Crippen molar-refractivity contribution >= 4 is 0 Å². The molecule has 0 amide bonds. The summed E-state index contributed by atoms with van der Waals surface area (Å²) < 4.78 is 8.38. The van der Waals surface area contributed by atoms with Crippen LogP contribution in [-0.2, 0) is 21.1 Å². The summed E-state index contributed by atoms with van der Waals surface area (Å²) in [5.41, 5.74) is 0.304. The van der Waals surface area contributed by atoms with E-state index >= 15 is 0 Å². The zero-order valence-corrected chi connectivity index (χ0v) is 19.4. The van der Waals surface area contributed by atoms with E-state index in [0.717, 1.165) is 19.6 Å². The second kappa shape index (κ2) is 8.08. The van der Waals surface area contributed by atoms with Crippen molar-refractivity contribution in [1.82, 2.24) is 8.53 Å². The number of allylic oxidation sites excluding steroid dienone is 4. The Morgan fingerprint density at radius 3 is 1.39 bits per heavy atom. The van der Waals surface area contributed by atoms with Crippen molar-refractivity contribution < 1.29 is 21.1 Å². The molecule has 0 fully saturated rings. The molecule has 1 aliphatic rings. The number of rotatable bonds is 8. The predicted molar refractivity (Wildman–Crippen MR) is 100.0 cm³/mol. The Balaban J connectivity index is 3.63. The second-order valence-corrected chi connectivity index (χ2v) is 19.2. The number of hydrogen-bond acceptors (Lipinski definition) is 3. The molecule has 0 aromatic heterocycles. The van der Waals surface area contributed by atoms with Crippen molar-refractivity contribution in [1.29, 1.82) is 0 Å². The van der Waals surface area contributed by atoms with Gasteiger partial charge in [0.1, 0.15) is 0 Å². The average Bonchev–Trinajstić information content (AvgIpc) is 2.94.